The van der Waals surface area contributed by atoms with E-state index in [2.05, 4.69) is 10.2 Å². The molecule has 0 bridgehead atoms. The van der Waals surface area contributed by atoms with E-state index in [4.69, 9.17) is 10.5 Å². The lowest BCUT2D eigenvalue weighted by atomic mass is 10.1. The van der Waals surface area contributed by atoms with E-state index >= 15 is 0 Å². The third-order valence-electron chi connectivity index (χ3n) is 3.21. The molecule has 0 aromatic heterocycles. The number of rotatable bonds is 3. The molecule has 0 saturated carbocycles. The Kier molecular flexibility index (Phi) is 3.75. The van der Waals surface area contributed by atoms with Gasteiger partial charge in [-0.25, -0.2) is 0 Å². The molecule has 2 unspecified atom stereocenters. The molecule has 2 saturated heterocycles. The maximum Gasteiger partial charge on any atom is 0.0702 e. The average molecular weight is 199 g/mol. The highest BCUT2D eigenvalue weighted by Crippen LogP contribution is 2.15. The minimum atomic E-state index is 0.460. The van der Waals surface area contributed by atoms with Gasteiger partial charge in [0.05, 0.1) is 6.10 Å². The second-order valence-electron chi connectivity index (χ2n) is 4.22. The van der Waals surface area contributed by atoms with Crippen molar-refractivity contribution in [2.45, 2.75) is 25.0 Å². The zero-order valence-electron chi connectivity index (χ0n) is 8.74. The summed E-state index contributed by atoms with van der Waals surface area (Å²) < 4.78 is 5.65. The van der Waals surface area contributed by atoms with Crippen LogP contribution in [-0.2, 0) is 4.74 Å². The van der Waals surface area contributed by atoms with E-state index in [-0.39, 0.29) is 0 Å². The summed E-state index contributed by atoms with van der Waals surface area (Å²) in [7, 11) is 0. The van der Waals surface area contributed by atoms with Crippen molar-refractivity contribution in [2.24, 2.45) is 5.73 Å². The molecular formula is C10H21N3O. The Bertz CT molecular complexity index is 171. The highest BCUT2D eigenvalue weighted by Gasteiger charge is 2.25. The fourth-order valence-electron chi connectivity index (χ4n) is 2.33. The highest BCUT2D eigenvalue weighted by atomic mass is 16.5. The van der Waals surface area contributed by atoms with E-state index in [0.29, 0.717) is 12.1 Å². The lowest BCUT2D eigenvalue weighted by Crippen LogP contribution is -2.56. The molecule has 0 aliphatic carbocycles. The maximum atomic E-state index is 5.75. The Morgan fingerprint density at radius 3 is 3.14 bits per heavy atom. The number of piperazine rings is 1. The molecule has 2 aliphatic rings. The Labute approximate surface area is 85.8 Å². The van der Waals surface area contributed by atoms with Gasteiger partial charge in [-0.3, -0.25) is 4.90 Å². The van der Waals surface area contributed by atoms with Gasteiger partial charge in [-0.1, -0.05) is 0 Å². The molecule has 2 fully saturated rings. The van der Waals surface area contributed by atoms with Gasteiger partial charge in [0.25, 0.3) is 0 Å². The van der Waals surface area contributed by atoms with E-state index in [1.165, 1.54) is 12.8 Å². The van der Waals surface area contributed by atoms with Gasteiger partial charge in [0, 0.05) is 45.4 Å². The summed E-state index contributed by atoms with van der Waals surface area (Å²) in [6, 6.07) is 0.507. The van der Waals surface area contributed by atoms with Gasteiger partial charge < -0.3 is 15.8 Å². The number of nitrogens with one attached hydrogen (secondary N) is 1. The van der Waals surface area contributed by atoms with Gasteiger partial charge in [0.2, 0.25) is 0 Å². The average Bonchev–Trinajstić information content (AvgIpc) is 2.71. The molecule has 4 nitrogen and oxygen atoms in total. The van der Waals surface area contributed by atoms with Crippen molar-refractivity contribution >= 4 is 0 Å². The number of ether oxygens (including phenoxy) is 1. The van der Waals surface area contributed by atoms with Crippen LogP contribution in [0.3, 0.4) is 0 Å². The molecule has 0 spiro atoms. The second-order valence-corrected chi connectivity index (χ2v) is 4.22. The van der Waals surface area contributed by atoms with Crippen molar-refractivity contribution in [1.29, 1.82) is 0 Å². The van der Waals surface area contributed by atoms with E-state index in [1.54, 1.807) is 0 Å². The van der Waals surface area contributed by atoms with Crippen LogP contribution >= 0.6 is 0 Å². The van der Waals surface area contributed by atoms with Crippen molar-refractivity contribution in [3.05, 3.63) is 0 Å². The van der Waals surface area contributed by atoms with Crippen LogP contribution in [0.1, 0.15) is 12.8 Å². The van der Waals surface area contributed by atoms with Gasteiger partial charge >= 0.3 is 0 Å². The van der Waals surface area contributed by atoms with E-state index < -0.39 is 0 Å². The van der Waals surface area contributed by atoms with Crippen LogP contribution in [0.25, 0.3) is 0 Å². The normalized spacial score (nSPS) is 34.9. The molecule has 3 N–H and O–H groups in total. The fourth-order valence-corrected chi connectivity index (χ4v) is 2.33. The largest absolute Gasteiger partial charge is 0.377 e. The molecule has 4 heteroatoms. The first kappa shape index (κ1) is 10.4. The Balaban J connectivity index is 1.81. The molecule has 0 radical (unpaired) electrons. The molecule has 0 aromatic carbocycles. The number of hydrogen-bond donors (Lipinski definition) is 2. The molecule has 2 heterocycles. The molecule has 2 atom stereocenters. The zero-order valence-corrected chi connectivity index (χ0v) is 8.74. The number of hydrogen-bond acceptors (Lipinski definition) is 4. The smallest absolute Gasteiger partial charge is 0.0702 e. The zero-order chi connectivity index (χ0) is 9.80. The second kappa shape index (κ2) is 5.07. The third kappa shape index (κ3) is 2.45. The summed E-state index contributed by atoms with van der Waals surface area (Å²) in [5, 5.41) is 3.38. The topological polar surface area (TPSA) is 50.5 Å². The van der Waals surface area contributed by atoms with Crippen LogP contribution in [0.5, 0.6) is 0 Å². The lowest BCUT2D eigenvalue weighted by Gasteiger charge is -2.36. The van der Waals surface area contributed by atoms with Gasteiger partial charge in [-0.2, -0.15) is 0 Å². The van der Waals surface area contributed by atoms with Gasteiger partial charge in [-0.05, 0) is 12.8 Å². The van der Waals surface area contributed by atoms with Gasteiger partial charge in [-0.15, -0.1) is 0 Å². The van der Waals surface area contributed by atoms with Crippen LogP contribution in [0.4, 0.5) is 0 Å². The Morgan fingerprint density at radius 1 is 1.50 bits per heavy atom. The Morgan fingerprint density at radius 2 is 2.43 bits per heavy atom. The van der Waals surface area contributed by atoms with Crippen molar-refractivity contribution < 1.29 is 4.74 Å². The van der Waals surface area contributed by atoms with E-state index in [1.807, 2.05) is 0 Å². The molecule has 0 amide bonds. The monoisotopic (exact) mass is 199 g/mol. The fraction of sp³-hybridized carbons (Fsp3) is 1.00. The summed E-state index contributed by atoms with van der Waals surface area (Å²) in [5.41, 5.74) is 5.75. The molecular weight excluding hydrogens is 178 g/mol. The minimum absolute atomic E-state index is 0.460. The van der Waals surface area contributed by atoms with Crippen molar-refractivity contribution in [2.75, 3.05) is 39.3 Å². The summed E-state index contributed by atoms with van der Waals surface area (Å²) in [4.78, 5) is 2.48. The summed E-state index contributed by atoms with van der Waals surface area (Å²) >= 11 is 0. The Hall–Kier alpha value is -0.160. The van der Waals surface area contributed by atoms with Crippen molar-refractivity contribution in [1.82, 2.24) is 10.2 Å². The SMILES string of the molecule is NCC1CNCCN1CC1CCCO1. The van der Waals surface area contributed by atoms with Crippen LogP contribution in [0.2, 0.25) is 0 Å². The van der Waals surface area contributed by atoms with Crippen LogP contribution in [0, 0.1) is 0 Å². The third-order valence-corrected chi connectivity index (χ3v) is 3.21. The predicted octanol–water partition coefficient (Wildman–Crippen LogP) is -0.602. The maximum absolute atomic E-state index is 5.75. The molecule has 0 aromatic rings. The van der Waals surface area contributed by atoms with Gasteiger partial charge in [0.1, 0.15) is 0 Å². The summed E-state index contributed by atoms with van der Waals surface area (Å²) in [6.07, 6.45) is 2.91. The number of nitrogens with two attached hydrogens (primary N) is 1. The summed E-state index contributed by atoms with van der Waals surface area (Å²) in [5.74, 6) is 0. The van der Waals surface area contributed by atoms with Crippen LogP contribution < -0.4 is 11.1 Å². The molecule has 82 valence electrons. The van der Waals surface area contributed by atoms with E-state index in [0.717, 1.165) is 39.3 Å². The quantitative estimate of drug-likeness (QED) is 0.637. The first-order valence-corrected chi connectivity index (χ1v) is 5.66. The predicted molar refractivity (Wildman–Crippen MR) is 56.3 cm³/mol. The summed E-state index contributed by atoms with van der Waals surface area (Å²) in [6.45, 7) is 6.00. The minimum Gasteiger partial charge on any atom is -0.377 e. The standard InChI is InChI=1S/C10H21N3O/c11-6-9-7-12-3-4-13(9)8-10-2-1-5-14-10/h9-10,12H,1-8,11H2. The molecule has 2 rings (SSSR count). The van der Waals surface area contributed by atoms with Gasteiger partial charge in [0.15, 0.2) is 0 Å². The first-order chi connectivity index (χ1) is 6.90. The number of nitrogens with zero attached hydrogens (tertiary/aromatic N) is 1. The highest BCUT2D eigenvalue weighted by molar-refractivity contribution is 4.83. The molecule has 14 heavy (non-hydrogen) atoms. The van der Waals surface area contributed by atoms with Crippen molar-refractivity contribution in [3.8, 4) is 0 Å². The first-order valence-electron chi connectivity index (χ1n) is 5.66. The lowest BCUT2D eigenvalue weighted by molar-refractivity contribution is 0.0505. The van der Waals surface area contributed by atoms with Crippen LogP contribution in [-0.4, -0.2) is 56.4 Å². The van der Waals surface area contributed by atoms with Crippen molar-refractivity contribution in [3.63, 3.8) is 0 Å². The molecule has 2 aliphatic heterocycles. The van der Waals surface area contributed by atoms with Crippen LogP contribution in [0.15, 0.2) is 0 Å². The van der Waals surface area contributed by atoms with E-state index in [9.17, 15) is 0 Å².